The summed E-state index contributed by atoms with van der Waals surface area (Å²) in [6.07, 6.45) is 4.24. The SMILES string of the molecule is CCC(CC)(CNC(C)C(C)O)SC. The van der Waals surface area contributed by atoms with Gasteiger partial charge in [0.1, 0.15) is 0 Å². The minimum absolute atomic E-state index is 0.180. The van der Waals surface area contributed by atoms with Crippen molar-refractivity contribution < 1.29 is 5.11 Å². The molecule has 0 aromatic rings. The fraction of sp³-hybridized carbons (Fsp3) is 1.00. The molecule has 0 bridgehead atoms. The van der Waals surface area contributed by atoms with Crippen LogP contribution in [0.15, 0.2) is 0 Å². The molecule has 0 amide bonds. The third kappa shape index (κ3) is 4.20. The first-order valence-corrected chi connectivity index (χ1v) is 6.70. The number of aliphatic hydroxyl groups is 1. The summed E-state index contributed by atoms with van der Waals surface area (Å²) in [4.78, 5) is 0. The molecule has 2 N–H and O–H groups in total. The molecule has 0 fully saturated rings. The lowest BCUT2D eigenvalue weighted by molar-refractivity contribution is 0.151. The molecule has 0 aliphatic rings. The van der Waals surface area contributed by atoms with Crippen molar-refractivity contribution in [2.75, 3.05) is 12.8 Å². The Morgan fingerprint density at radius 3 is 2.07 bits per heavy atom. The monoisotopic (exact) mass is 219 g/mol. The van der Waals surface area contributed by atoms with E-state index >= 15 is 0 Å². The molecule has 2 nitrogen and oxygen atoms in total. The van der Waals surface area contributed by atoms with Crippen LogP contribution >= 0.6 is 11.8 Å². The average molecular weight is 219 g/mol. The first kappa shape index (κ1) is 14.3. The van der Waals surface area contributed by atoms with Gasteiger partial charge in [0.2, 0.25) is 0 Å². The number of thioether (sulfide) groups is 1. The summed E-state index contributed by atoms with van der Waals surface area (Å²) in [7, 11) is 0. The number of hydrogen-bond donors (Lipinski definition) is 2. The van der Waals surface area contributed by atoms with Crippen molar-refractivity contribution in [2.24, 2.45) is 0 Å². The van der Waals surface area contributed by atoms with Crippen molar-refractivity contribution in [3.8, 4) is 0 Å². The Balaban J connectivity index is 4.05. The van der Waals surface area contributed by atoms with Gasteiger partial charge in [-0.1, -0.05) is 13.8 Å². The molecule has 0 aliphatic heterocycles. The molecule has 14 heavy (non-hydrogen) atoms. The first-order valence-electron chi connectivity index (χ1n) is 5.48. The van der Waals surface area contributed by atoms with E-state index in [4.69, 9.17) is 0 Å². The maximum atomic E-state index is 9.37. The average Bonchev–Trinajstić information content (AvgIpc) is 2.20. The lowest BCUT2D eigenvalue weighted by Crippen LogP contribution is -2.44. The molecule has 3 heteroatoms. The van der Waals surface area contributed by atoms with E-state index in [9.17, 15) is 5.11 Å². The van der Waals surface area contributed by atoms with Gasteiger partial charge in [0, 0.05) is 17.3 Å². The second-order valence-electron chi connectivity index (χ2n) is 4.00. The summed E-state index contributed by atoms with van der Waals surface area (Å²) in [5.41, 5.74) is 0. The molecule has 2 unspecified atom stereocenters. The summed E-state index contributed by atoms with van der Waals surface area (Å²) >= 11 is 1.93. The molecule has 0 aliphatic carbocycles. The first-order chi connectivity index (χ1) is 6.51. The predicted octanol–water partition coefficient (Wildman–Crippen LogP) is 2.27. The third-order valence-electron chi connectivity index (χ3n) is 3.19. The van der Waals surface area contributed by atoms with Gasteiger partial charge in [-0.3, -0.25) is 0 Å². The van der Waals surface area contributed by atoms with Crippen LogP contribution < -0.4 is 5.32 Å². The highest BCUT2D eigenvalue weighted by atomic mass is 32.2. The van der Waals surface area contributed by atoms with Crippen LogP contribution in [0.5, 0.6) is 0 Å². The van der Waals surface area contributed by atoms with Crippen LogP contribution in [0.4, 0.5) is 0 Å². The molecule has 2 atom stereocenters. The highest BCUT2D eigenvalue weighted by Gasteiger charge is 2.25. The van der Waals surface area contributed by atoms with E-state index < -0.39 is 0 Å². The van der Waals surface area contributed by atoms with E-state index in [1.165, 1.54) is 12.8 Å². The number of hydrogen-bond acceptors (Lipinski definition) is 3. The van der Waals surface area contributed by atoms with Crippen LogP contribution in [-0.2, 0) is 0 Å². The van der Waals surface area contributed by atoms with Gasteiger partial charge in [0.25, 0.3) is 0 Å². The van der Waals surface area contributed by atoms with Crippen molar-refractivity contribution in [1.82, 2.24) is 5.32 Å². The summed E-state index contributed by atoms with van der Waals surface area (Å²) in [5.74, 6) is 0. The van der Waals surface area contributed by atoms with E-state index in [-0.39, 0.29) is 12.1 Å². The van der Waals surface area contributed by atoms with E-state index in [0.29, 0.717) is 4.75 Å². The molecule has 0 saturated carbocycles. The van der Waals surface area contributed by atoms with Crippen molar-refractivity contribution in [3.05, 3.63) is 0 Å². The zero-order valence-corrected chi connectivity index (χ0v) is 10.9. The Hall–Kier alpha value is 0.270. The smallest absolute Gasteiger partial charge is 0.0662 e. The van der Waals surface area contributed by atoms with Crippen molar-refractivity contribution in [1.29, 1.82) is 0 Å². The molecule has 0 radical (unpaired) electrons. The van der Waals surface area contributed by atoms with E-state index in [1.807, 2.05) is 25.6 Å². The summed E-state index contributed by atoms with van der Waals surface area (Å²) in [6, 6.07) is 0.180. The summed E-state index contributed by atoms with van der Waals surface area (Å²) < 4.78 is 0.336. The second kappa shape index (κ2) is 6.70. The van der Waals surface area contributed by atoms with Crippen LogP contribution in [0.2, 0.25) is 0 Å². The van der Waals surface area contributed by atoms with Crippen molar-refractivity contribution >= 4 is 11.8 Å². The van der Waals surface area contributed by atoms with Gasteiger partial charge < -0.3 is 10.4 Å². The molecular weight excluding hydrogens is 194 g/mol. The molecule has 0 heterocycles. The van der Waals surface area contributed by atoms with Gasteiger partial charge in [-0.05, 0) is 32.9 Å². The van der Waals surface area contributed by atoms with Gasteiger partial charge in [-0.15, -0.1) is 0 Å². The minimum atomic E-state index is -0.275. The predicted molar refractivity (Wildman–Crippen MR) is 66.0 cm³/mol. The Morgan fingerprint density at radius 2 is 1.79 bits per heavy atom. The third-order valence-corrected chi connectivity index (χ3v) is 4.78. The lowest BCUT2D eigenvalue weighted by atomic mass is 10.0. The van der Waals surface area contributed by atoms with Gasteiger partial charge >= 0.3 is 0 Å². The fourth-order valence-electron chi connectivity index (χ4n) is 1.38. The van der Waals surface area contributed by atoms with E-state index in [0.717, 1.165) is 6.54 Å². The molecule has 0 spiro atoms. The Kier molecular flexibility index (Phi) is 6.83. The van der Waals surface area contributed by atoms with Crippen LogP contribution in [0.1, 0.15) is 40.5 Å². The zero-order chi connectivity index (χ0) is 11.2. The van der Waals surface area contributed by atoms with E-state index in [1.54, 1.807) is 0 Å². The molecule has 0 aromatic heterocycles. The number of nitrogens with one attached hydrogen (secondary N) is 1. The zero-order valence-electron chi connectivity index (χ0n) is 10.1. The highest BCUT2D eigenvalue weighted by Crippen LogP contribution is 2.29. The highest BCUT2D eigenvalue weighted by molar-refractivity contribution is 8.00. The normalized spacial score (nSPS) is 16.7. The molecule has 0 aromatic carbocycles. The molecular formula is C11H25NOS. The Labute approximate surface area is 92.9 Å². The van der Waals surface area contributed by atoms with Crippen molar-refractivity contribution in [2.45, 2.75) is 57.4 Å². The van der Waals surface area contributed by atoms with Gasteiger partial charge in [-0.2, -0.15) is 11.8 Å². The number of aliphatic hydroxyl groups excluding tert-OH is 1. The van der Waals surface area contributed by atoms with Crippen LogP contribution in [0.25, 0.3) is 0 Å². The Morgan fingerprint density at radius 1 is 1.29 bits per heavy atom. The summed E-state index contributed by atoms with van der Waals surface area (Å²) in [6.45, 7) is 9.30. The topological polar surface area (TPSA) is 32.3 Å². The molecule has 0 rings (SSSR count). The van der Waals surface area contributed by atoms with Gasteiger partial charge in [-0.25, -0.2) is 0 Å². The lowest BCUT2D eigenvalue weighted by Gasteiger charge is -2.32. The number of rotatable bonds is 7. The fourth-order valence-corrected chi connectivity index (χ4v) is 2.18. The largest absolute Gasteiger partial charge is 0.392 e. The van der Waals surface area contributed by atoms with Crippen LogP contribution in [-0.4, -0.2) is 34.8 Å². The second-order valence-corrected chi connectivity index (χ2v) is 5.28. The molecule has 0 saturated heterocycles. The van der Waals surface area contributed by atoms with Gasteiger partial charge in [0.05, 0.1) is 6.10 Å². The standard InChI is InChI=1S/C11H25NOS/c1-6-11(7-2,14-5)8-12-9(3)10(4)13/h9-10,12-13H,6-8H2,1-5H3. The Bertz CT molecular complexity index is 138. The van der Waals surface area contributed by atoms with Gasteiger partial charge in [0.15, 0.2) is 0 Å². The van der Waals surface area contributed by atoms with Crippen molar-refractivity contribution in [3.63, 3.8) is 0 Å². The molecule has 86 valence electrons. The van der Waals surface area contributed by atoms with Crippen LogP contribution in [0, 0.1) is 0 Å². The maximum Gasteiger partial charge on any atom is 0.0662 e. The summed E-state index contributed by atoms with van der Waals surface area (Å²) in [5, 5.41) is 12.8. The van der Waals surface area contributed by atoms with E-state index in [2.05, 4.69) is 25.4 Å². The quantitative estimate of drug-likeness (QED) is 0.689. The van der Waals surface area contributed by atoms with Crippen LogP contribution in [0.3, 0.4) is 0 Å². The minimum Gasteiger partial charge on any atom is -0.392 e. The maximum absolute atomic E-state index is 9.37.